The molecule has 0 atom stereocenters. The summed E-state index contributed by atoms with van der Waals surface area (Å²) >= 11 is 1.53. The third-order valence-electron chi connectivity index (χ3n) is 4.11. The van der Waals surface area contributed by atoms with Crippen LogP contribution in [0.2, 0.25) is 0 Å². The lowest BCUT2D eigenvalue weighted by Crippen LogP contribution is -2.12. The third-order valence-corrected chi connectivity index (χ3v) is 5.21. The van der Waals surface area contributed by atoms with Crippen LogP contribution in [0.3, 0.4) is 0 Å². The van der Waals surface area contributed by atoms with Crippen molar-refractivity contribution in [3.05, 3.63) is 83.2 Å². The molecule has 1 aromatic heterocycles. The van der Waals surface area contributed by atoms with E-state index < -0.39 is 0 Å². The van der Waals surface area contributed by atoms with E-state index in [1.54, 1.807) is 6.08 Å². The number of benzene rings is 3. The van der Waals surface area contributed by atoms with Crippen LogP contribution in [0.25, 0.3) is 27.1 Å². The molecule has 1 heterocycles. The summed E-state index contributed by atoms with van der Waals surface area (Å²) in [6.07, 6.45) is 3.30. The molecule has 1 amide bonds. The monoisotopic (exact) mass is 344 g/mol. The molecule has 0 saturated carbocycles. The van der Waals surface area contributed by atoms with Crippen molar-refractivity contribution in [2.75, 3.05) is 0 Å². The first kappa shape index (κ1) is 15.5. The van der Waals surface area contributed by atoms with Crippen molar-refractivity contribution in [2.45, 2.75) is 0 Å². The number of carbonyl (C=O) groups excluding carboxylic acids is 1. The lowest BCUT2D eigenvalue weighted by molar-refractivity contribution is -0.113. The Kier molecular flexibility index (Phi) is 4.04. The molecular weight excluding hydrogens is 328 g/mol. The summed E-state index contributed by atoms with van der Waals surface area (Å²) in [6, 6.07) is 22.2. The molecule has 0 fully saturated rings. The van der Waals surface area contributed by atoms with Crippen LogP contribution in [0.15, 0.2) is 77.8 Å². The first-order valence-corrected chi connectivity index (χ1v) is 8.83. The summed E-state index contributed by atoms with van der Waals surface area (Å²) in [5, 5.41) is 2.36. The van der Waals surface area contributed by atoms with E-state index in [-0.39, 0.29) is 5.91 Å². The number of hydrogen-bond acceptors (Lipinski definition) is 2. The maximum atomic E-state index is 12.2. The van der Waals surface area contributed by atoms with E-state index in [1.807, 2.05) is 54.1 Å². The van der Waals surface area contributed by atoms with Crippen LogP contribution in [0.4, 0.5) is 0 Å². The molecule has 0 aliphatic carbocycles. The zero-order chi connectivity index (χ0) is 17.2. The van der Waals surface area contributed by atoms with Crippen molar-refractivity contribution in [2.24, 2.45) is 12.0 Å². The Labute approximate surface area is 149 Å². The molecule has 3 aromatic carbocycles. The molecule has 0 aliphatic heterocycles. The smallest absolute Gasteiger partial charge is 0.272 e. The molecule has 4 heteroatoms. The summed E-state index contributed by atoms with van der Waals surface area (Å²) in [5.41, 5.74) is 2.10. The minimum Gasteiger partial charge on any atom is -0.319 e. The van der Waals surface area contributed by atoms with Gasteiger partial charge in [0.1, 0.15) is 0 Å². The van der Waals surface area contributed by atoms with Gasteiger partial charge in [0, 0.05) is 18.5 Å². The van der Waals surface area contributed by atoms with Crippen molar-refractivity contribution in [1.82, 2.24) is 4.57 Å². The van der Waals surface area contributed by atoms with Gasteiger partial charge in [0.2, 0.25) is 0 Å². The minimum absolute atomic E-state index is 0.254. The highest BCUT2D eigenvalue weighted by atomic mass is 32.1. The highest BCUT2D eigenvalue weighted by Gasteiger charge is 2.07. The first-order valence-electron chi connectivity index (χ1n) is 8.01. The van der Waals surface area contributed by atoms with E-state index in [0.717, 1.165) is 15.8 Å². The van der Waals surface area contributed by atoms with Gasteiger partial charge in [-0.1, -0.05) is 72.0 Å². The fourth-order valence-corrected chi connectivity index (χ4v) is 3.93. The van der Waals surface area contributed by atoms with Gasteiger partial charge in [-0.15, -0.1) is 0 Å². The molecule has 0 N–H and O–H groups in total. The second-order valence-corrected chi connectivity index (χ2v) is 6.78. The van der Waals surface area contributed by atoms with E-state index in [9.17, 15) is 4.79 Å². The topological polar surface area (TPSA) is 34.4 Å². The summed E-state index contributed by atoms with van der Waals surface area (Å²) in [5.74, 6) is -0.254. The van der Waals surface area contributed by atoms with Gasteiger partial charge < -0.3 is 4.57 Å². The summed E-state index contributed by atoms with van der Waals surface area (Å²) < 4.78 is 3.12. The van der Waals surface area contributed by atoms with E-state index >= 15 is 0 Å². The van der Waals surface area contributed by atoms with Crippen LogP contribution in [-0.2, 0) is 11.8 Å². The van der Waals surface area contributed by atoms with E-state index in [1.165, 1.54) is 28.2 Å². The van der Waals surface area contributed by atoms with Gasteiger partial charge in [-0.05, 0) is 23.1 Å². The van der Waals surface area contributed by atoms with Crippen molar-refractivity contribution >= 4 is 44.3 Å². The number of amides is 1. The Hall–Kier alpha value is -2.98. The highest BCUT2D eigenvalue weighted by molar-refractivity contribution is 7.16. The molecule has 25 heavy (non-hydrogen) atoms. The van der Waals surface area contributed by atoms with Crippen LogP contribution >= 0.6 is 11.3 Å². The molecule has 0 unspecified atom stereocenters. The van der Waals surface area contributed by atoms with E-state index in [0.29, 0.717) is 4.80 Å². The van der Waals surface area contributed by atoms with Gasteiger partial charge in [-0.2, -0.15) is 4.99 Å². The number of fused-ring (bicyclic) bond motifs is 3. The average molecular weight is 344 g/mol. The molecule has 0 radical (unpaired) electrons. The molecule has 4 rings (SSSR count). The van der Waals surface area contributed by atoms with Gasteiger partial charge >= 0.3 is 0 Å². The number of hydrogen-bond donors (Lipinski definition) is 0. The molecule has 0 spiro atoms. The number of thiazole rings is 1. The number of rotatable bonds is 2. The summed E-state index contributed by atoms with van der Waals surface area (Å²) in [6.45, 7) is 0. The Morgan fingerprint density at radius 3 is 2.60 bits per heavy atom. The molecule has 0 saturated heterocycles. The lowest BCUT2D eigenvalue weighted by Gasteiger charge is -2.01. The fraction of sp³-hybridized carbons (Fsp3) is 0.0476. The van der Waals surface area contributed by atoms with E-state index in [2.05, 4.69) is 29.3 Å². The summed E-state index contributed by atoms with van der Waals surface area (Å²) in [4.78, 5) is 17.2. The van der Waals surface area contributed by atoms with Crippen LogP contribution < -0.4 is 4.80 Å². The maximum Gasteiger partial charge on any atom is 0.272 e. The zero-order valence-corrected chi connectivity index (χ0v) is 14.5. The lowest BCUT2D eigenvalue weighted by atomic mass is 10.1. The Morgan fingerprint density at radius 2 is 1.76 bits per heavy atom. The normalized spacial score (nSPS) is 12.4. The Morgan fingerprint density at radius 1 is 1.00 bits per heavy atom. The number of carbonyl (C=O) groups is 1. The summed E-state index contributed by atoms with van der Waals surface area (Å²) in [7, 11) is 1.96. The Bertz CT molecular complexity index is 1170. The highest BCUT2D eigenvalue weighted by Crippen LogP contribution is 2.26. The second-order valence-electron chi connectivity index (χ2n) is 5.77. The van der Waals surface area contributed by atoms with Crippen LogP contribution in [0.1, 0.15) is 5.56 Å². The van der Waals surface area contributed by atoms with E-state index in [4.69, 9.17) is 0 Å². The van der Waals surface area contributed by atoms with Crippen molar-refractivity contribution in [3.8, 4) is 0 Å². The quantitative estimate of drug-likeness (QED) is 0.492. The van der Waals surface area contributed by atoms with Gasteiger partial charge in [-0.25, -0.2) is 0 Å². The maximum absolute atomic E-state index is 12.2. The average Bonchev–Trinajstić information content (AvgIpc) is 2.97. The zero-order valence-electron chi connectivity index (χ0n) is 13.7. The molecule has 0 bridgehead atoms. The second kappa shape index (κ2) is 6.49. The molecule has 3 nitrogen and oxygen atoms in total. The predicted octanol–water partition coefficient (Wildman–Crippen LogP) is 4.53. The van der Waals surface area contributed by atoms with Gasteiger partial charge in [0.05, 0.1) is 10.2 Å². The number of nitrogens with zero attached hydrogens (tertiary/aromatic N) is 2. The number of aromatic nitrogens is 1. The van der Waals surface area contributed by atoms with Gasteiger partial charge in [0.15, 0.2) is 4.80 Å². The SMILES string of the molecule is Cn1c(=NC(=O)C=Cc2ccccc2)sc2ccc3ccccc3c21. The van der Waals surface area contributed by atoms with Crippen molar-refractivity contribution in [3.63, 3.8) is 0 Å². The molecule has 0 aliphatic rings. The predicted molar refractivity (Wildman–Crippen MR) is 104 cm³/mol. The van der Waals surface area contributed by atoms with Crippen molar-refractivity contribution in [1.29, 1.82) is 0 Å². The van der Waals surface area contributed by atoms with Gasteiger partial charge in [-0.3, -0.25) is 4.79 Å². The minimum atomic E-state index is -0.254. The first-order chi connectivity index (χ1) is 12.2. The third kappa shape index (κ3) is 3.04. The molecule has 122 valence electrons. The number of aryl methyl sites for hydroxylation is 1. The van der Waals surface area contributed by atoms with Crippen LogP contribution in [-0.4, -0.2) is 10.5 Å². The fourth-order valence-electron chi connectivity index (χ4n) is 2.89. The molecular formula is C21H16N2OS. The standard InChI is InChI=1S/C21H16N2OS/c1-23-20-17-10-6-5-9-16(17)12-13-18(20)25-21(23)22-19(24)14-11-15-7-3-2-4-8-15/h2-14H,1H3. The van der Waals surface area contributed by atoms with Crippen LogP contribution in [0, 0.1) is 0 Å². The van der Waals surface area contributed by atoms with Gasteiger partial charge in [0.25, 0.3) is 5.91 Å². The van der Waals surface area contributed by atoms with Crippen molar-refractivity contribution < 1.29 is 4.79 Å². The largest absolute Gasteiger partial charge is 0.319 e. The Balaban J connectivity index is 1.77. The van der Waals surface area contributed by atoms with Crippen LogP contribution in [0.5, 0.6) is 0 Å². The molecule has 4 aromatic rings.